The molecule has 5 nitrogen and oxygen atoms in total. The second kappa shape index (κ2) is 8.71. The quantitative estimate of drug-likeness (QED) is 0.438. The fourth-order valence-electron chi connectivity index (χ4n) is 3.28. The third-order valence-electron chi connectivity index (χ3n) is 4.71. The summed E-state index contributed by atoms with van der Waals surface area (Å²) in [6.07, 6.45) is 1.48. The Labute approximate surface area is 178 Å². The molecule has 156 valence electrons. The van der Waals surface area contributed by atoms with E-state index >= 15 is 0 Å². The summed E-state index contributed by atoms with van der Waals surface area (Å²) in [5.74, 6) is -1.07. The number of nitrogens with zero attached hydrogens (tertiary/aromatic N) is 2. The minimum absolute atomic E-state index is 0.121. The molecule has 4 rings (SSSR count). The van der Waals surface area contributed by atoms with Gasteiger partial charge < -0.3 is 4.55 Å². The van der Waals surface area contributed by atoms with E-state index in [0.29, 0.717) is 22.3 Å². The molecule has 0 amide bonds. The van der Waals surface area contributed by atoms with Crippen LogP contribution >= 0.6 is 0 Å². The van der Waals surface area contributed by atoms with E-state index in [-0.39, 0.29) is 17.0 Å². The van der Waals surface area contributed by atoms with Crippen LogP contribution in [-0.4, -0.2) is 18.5 Å². The van der Waals surface area contributed by atoms with Crippen molar-refractivity contribution in [1.82, 2.24) is 9.78 Å². The highest BCUT2D eigenvalue weighted by Gasteiger charge is 2.16. The van der Waals surface area contributed by atoms with E-state index < -0.39 is 28.3 Å². The minimum Gasteiger partial charge on any atom is -0.772 e. The minimum atomic E-state index is -2.22. The van der Waals surface area contributed by atoms with Crippen molar-refractivity contribution in [1.29, 1.82) is 0 Å². The Morgan fingerprint density at radius 3 is 2.23 bits per heavy atom. The highest BCUT2D eigenvalue weighted by atomic mass is 32.2. The topological polar surface area (TPSA) is 75.0 Å². The van der Waals surface area contributed by atoms with Crippen LogP contribution in [0.25, 0.3) is 27.9 Å². The van der Waals surface area contributed by atoms with Gasteiger partial charge in [0.25, 0.3) is 5.56 Å². The summed E-state index contributed by atoms with van der Waals surface area (Å²) in [5, 5.41) is 4.21. The third kappa shape index (κ3) is 4.50. The average molecular weight is 437 g/mol. The molecule has 31 heavy (non-hydrogen) atoms. The molecule has 0 aliphatic heterocycles. The zero-order chi connectivity index (χ0) is 22.0. The zero-order valence-electron chi connectivity index (χ0n) is 16.0. The molecule has 0 fully saturated rings. The maximum atomic E-state index is 13.7. The normalized spacial score (nSPS) is 12.0. The lowest BCUT2D eigenvalue weighted by molar-refractivity contribution is 0.536. The summed E-state index contributed by atoms with van der Waals surface area (Å²) in [7, 11) is 0. The van der Waals surface area contributed by atoms with E-state index in [9.17, 15) is 22.3 Å². The van der Waals surface area contributed by atoms with Gasteiger partial charge in [-0.05, 0) is 47.0 Å². The predicted molar refractivity (Wildman–Crippen MR) is 113 cm³/mol. The smallest absolute Gasteiger partial charge is 0.280 e. The Hall–Kier alpha value is -3.49. The van der Waals surface area contributed by atoms with Crippen molar-refractivity contribution < 1.29 is 17.5 Å². The van der Waals surface area contributed by atoms with Gasteiger partial charge in [0.2, 0.25) is 0 Å². The predicted octanol–water partition coefficient (Wildman–Crippen LogP) is 4.22. The number of rotatable bonds is 5. The number of hydrogen-bond donors (Lipinski definition) is 0. The Kier molecular flexibility index (Phi) is 5.83. The van der Waals surface area contributed by atoms with Crippen LogP contribution < -0.4 is 5.56 Å². The van der Waals surface area contributed by atoms with Crippen molar-refractivity contribution in [3.8, 4) is 27.9 Å². The number of benzene rings is 3. The second-order valence-electron chi connectivity index (χ2n) is 6.78. The van der Waals surface area contributed by atoms with Gasteiger partial charge in [-0.15, -0.1) is 0 Å². The van der Waals surface area contributed by atoms with Crippen molar-refractivity contribution in [3.63, 3.8) is 0 Å². The lowest BCUT2D eigenvalue weighted by atomic mass is 9.96. The highest BCUT2D eigenvalue weighted by molar-refractivity contribution is 7.78. The fourth-order valence-corrected chi connectivity index (χ4v) is 3.74. The first-order valence-electron chi connectivity index (χ1n) is 9.22. The summed E-state index contributed by atoms with van der Waals surface area (Å²) in [5.41, 5.74) is 2.21. The molecule has 1 heterocycles. The van der Waals surface area contributed by atoms with Crippen molar-refractivity contribution in [2.45, 2.75) is 5.75 Å². The molecule has 0 saturated heterocycles. The Morgan fingerprint density at radius 1 is 0.903 bits per heavy atom. The van der Waals surface area contributed by atoms with Gasteiger partial charge in [-0.25, -0.2) is 8.78 Å². The third-order valence-corrected chi connectivity index (χ3v) is 5.28. The molecule has 0 aliphatic carbocycles. The van der Waals surface area contributed by atoms with E-state index in [2.05, 4.69) is 5.10 Å². The van der Waals surface area contributed by atoms with Gasteiger partial charge in [-0.2, -0.15) is 9.78 Å². The van der Waals surface area contributed by atoms with Gasteiger partial charge in [0.15, 0.2) is 0 Å². The van der Waals surface area contributed by atoms with Crippen LogP contribution in [0.3, 0.4) is 0 Å². The van der Waals surface area contributed by atoms with Crippen LogP contribution in [0.5, 0.6) is 0 Å². The maximum absolute atomic E-state index is 13.7. The van der Waals surface area contributed by atoms with Crippen LogP contribution in [-0.2, 0) is 16.8 Å². The second-order valence-corrected chi connectivity index (χ2v) is 7.68. The van der Waals surface area contributed by atoms with Gasteiger partial charge in [-0.3, -0.25) is 9.00 Å². The van der Waals surface area contributed by atoms with Gasteiger partial charge in [-0.1, -0.05) is 53.5 Å². The highest BCUT2D eigenvalue weighted by Crippen LogP contribution is 2.29. The summed E-state index contributed by atoms with van der Waals surface area (Å²) in [4.78, 5) is 13.4. The van der Waals surface area contributed by atoms with Gasteiger partial charge >= 0.3 is 0 Å². The van der Waals surface area contributed by atoms with E-state index in [0.717, 1.165) is 4.68 Å². The van der Waals surface area contributed by atoms with Crippen LogP contribution in [0, 0.1) is 11.6 Å². The zero-order valence-corrected chi connectivity index (χ0v) is 16.8. The molecule has 0 saturated carbocycles. The average Bonchev–Trinajstić information content (AvgIpc) is 2.74. The first-order valence-corrected chi connectivity index (χ1v) is 10.5. The van der Waals surface area contributed by atoms with Crippen LogP contribution in [0.4, 0.5) is 8.78 Å². The van der Waals surface area contributed by atoms with Crippen LogP contribution in [0.15, 0.2) is 83.8 Å². The number of halogens is 2. The van der Waals surface area contributed by atoms with Gasteiger partial charge in [0.05, 0.1) is 17.4 Å². The van der Waals surface area contributed by atoms with E-state index in [1.165, 1.54) is 48.7 Å². The Morgan fingerprint density at radius 2 is 1.58 bits per heavy atom. The van der Waals surface area contributed by atoms with Crippen molar-refractivity contribution in [2.75, 3.05) is 0 Å². The monoisotopic (exact) mass is 437 g/mol. The van der Waals surface area contributed by atoms with Crippen molar-refractivity contribution >= 4 is 11.1 Å². The molecule has 3 aromatic carbocycles. The molecule has 1 aromatic heterocycles. The molecular formula is C23H15F2N2O3S-. The van der Waals surface area contributed by atoms with E-state index in [1.807, 2.05) is 0 Å². The summed E-state index contributed by atoms with van der Waals surface area (Å²) in [6.45, 7) is 0. The summed E-state index contributed by atoms with van der Waals surface area (Å²) in [6, 6.07) is 17.6. The standard InChI is InChI=1S/C23H16F2N2O3S/c24-18-10-8-17(9-11-18)22-21(16-6-4-15(5-7-16)14-31(29)30)13-26-27(23(22)28)20-3-1-2-19(25)12-20/h1-13H,14H2,(H,29,30)/p-1. The molecule has 1 unspecified atom stereocenters. The van der Waals surface area contributed by atoms with Crippen LogP contribution in [0.2, 0.25) is 0 Å². The van der Waals surface area contributed by atoms with Crippen LogP contribution in [0.1, 0.15) is 5.56 Å². The SMILES string of the molecule is O=c1c(-c2ccc(F)cc2)c(-c2ccc(CS(=O)[O-])cc2)cnn1-c1cccc(F)c1. The van der Waals surface area contributed by atoms with Gasteiger partial charge in [0, 0.05) is 11.3 Å². The summed E-state index contributed by atoms with van der Waals surface area (Å²) >= 11 is -2.22. The van der Waals surface area contributed by atoms with Gasteiger partial charge in [0.1, 0.15) is 11.6 Å². The molecule has 0 N–H and O–H groups in total. The Balaban J connectivity index is 1.91. The molecule has 1 atom stereocenters. The lowest BCUT2D eigenvalue weighted by Crippen LogP contribution is -2.23. The molecule has 0 bridgehead atoms. The largest absolute Gasteiger partial charge is 0.772 e. The maximum Gasteiger partial charge on any atom is 0.280 e. The first-order chi connectivity index (χ1) is 14.9. The summed E-state index contributed by atoms with van der Waals surface area (Å²) < 4.78 is 50.1. The fraction of sp³-hybridized carbons (Fsp3) is 0.0435. The number of aromatic nitrogens is 2. The molecule has 0 aliphatic rings. The van der Waals surface area contributed by atoms with E-state index in [1.54, 1.807) is 30.3 Å². The first kappa shape index (κ1) is 20.8. The number of hydrogen-bond acceptors (Lipinski definition) is 4. The Bertz CT molecular complexity index is 1320. The molecule has 0 radical (unpaired) electrons. The molecule has 4 aromatic rings. The molecular weight excluding hydrogens is 422 g/mol. The van der Waals surface area contributed by atoms with E-state index in [4.69, 9.17) is 0 Å². The van der Waals surface area contributed by atoms with Crippen molar-refractivity contribution in [3.05, 3.63) is 107 Å². The van der Waals surface area contributed by atoms with Crippen molar-refractivity contribution in [2.24, 2.45) is 0 Å². The molecule has 0 spiro atoms. The molecule has 8 heteroatoms. The lowest BCUT2D eigenvalue weighted by Gasteiger charge is -2.13.